The van der Waals surface area contributed by atoms with Gasteiger partial charge < -0.3 is 16.4 Å². The SMILES string of the molecule is NCCNC(=O)c1ccc(NC(=O)c2cccc(F)c2)cc1Cl. The van der Waals surface area contributed by atoms with Crippen molar-refractivity contribution in [3.63, 3.8) is 0 Å². The van der Waals surface area contributed by atoms with Crippen molar-refractivity contribution in [3.05, 3.63) is 64.4 Å². The predicted molar refractivity (Wildman–Crippen MR) is 87.2 cm³/mol. The summed E-state index contributed by atoms with van der Waals surface area (Å²) in [5.74, 6) is -1.31. The zero-order valence-electron chi connectivity index (χ0n) is 12.1. The van der Waals surface area contributed by atoms with Crippen LogP contribution in [0.15, 0.2) is 42.5 Å². The standard InChI is InChI=1S/C16H15ClFN3O2/c17-14-9-12(4-5-13(14)16(23)20-7-6-19)21-15(22)10-2-1-3-11(18)8-10/h1-5,8-9H,6-7,19H2,(H,20,23)(H,21,22). The predicted octanol–water partition coefficient (Wildman–Crippen LogP) is 2.42. The van der Waals surface area contributed by atoms with Crippen LogP contribution in [0.2, 0.25) is 5.02 Å². The molecule has 0 saturated carbocycles. The summed E-state index contributed by atoms with van der Waals surface area (Å²) >= 11 is 6.05. The van der Waals surface area contributed by atoms with Gasteiger partial charge in [-0.3, -0.25) is 9.59 Å². The first-order valence-corrected chi connectivity index (χ1v) is 7.24. The zero-order chi connectivity index (χ0) is 16.8. The highest BCUT2D eigenvalue weighted by atomic mass is 35.5. The van der Waals surface area contributed by atoms with Crippen LogP contribution in [0, 0.1) is 5.82 Å². The molecule has 2 amide bonds. The minimum atomic E-state index is -0.498. The van der Waals surface area contributed by atoms with Crippen LogP contribution in [-0.4, -0.2) is 24.9 Å². The molecule has 23 heavy (non-hydrogen) atoms. The quantitative estimate of drug-likeness (QED) is 0.784. The molecule has 0 heterocycles. The summed E-state index contributed by atoms with van der Waals surface area (Å²) in [6.07, 6.45) is 0. The van der Waals surface area contributed by atoms with Crippen molar-refractivity contribution in [2.75, 3.05) is 18.4 Å². The molecule has 0 aromatic heterocycles. The van der Waals surface area contributed by atoms with E-state index in [1.165, 1.54) is 30.3 Å². The van der Waals surface area contributed by atoms with Crippen molar-refractivity contribution in [3.8, 4) is 0 Å². The van der Waals surface area contributed by atoms with Gasteiger partial charge in [-0.2, -0.15) is 0 Å². The monoisotopic (exact) mass is 335 g/mol. The van der Waals surface area contributed by atoms with Crippen molar-refractivity contribution < 1.29 is 14.0 Å². The molecular weight excluding hydrogens is 321 g/mol. The third-order valence-corrected chi connectivity index (χ3v) is 3.30. The number of anilines is 1. The molecule has 2 rings (SSSR count). The van der Waals surface area contributed by atoms with Gasteiger partial charge >= 0.3 is 0 Å². The van der Waals surface area contributed by atoms with Gasteiger partial charge in [0.1, 0.15) is 5.82 Å². The Morgan fingerprint density at radius 1 is 1.13 bits per heavy atom. The van der Waals surface area contributed by atoms with Gasteiger partial charge in [0.2, 0.25) is 0 Å². The Hall–Kier alpha value is -2.44. The number of amides is 2. The van der Waals surface area contributed by atoms with Gasteiger partial charge in [0, 0.05) is 24.3 Å². The van der Waals surface area contributed by atoms with E-state index >= 15 is 0 Å². The molecule has 120 valence electrons. The third kappa shape index (κ3) is 4.51. The maximum Gasteiger partial charge on any atom is 0.255 e. The Balaban J connectivity index is 2.11. The molecule has 0 radical (unpaired) electrons. The highest BCUT2D eigenvalue weighted by molar-refractivity contribution is 6.34. The Kier molecular flexibility index (Phi) is 5.67. The lowest BCUT2D eigenvalue weighted by Gasteiger charge is -2.09. The maximum absolute atomic E-state index is 13.1. The van der Waals surface area contributed by atoms with Gasteiger partial charge in [-0.1, -0.05) is 17.7 Å². The third-order valence-electron chi connectivity index (χ3n) is 2.99. The minimum absolute atomic E-state index is 0.186. The molecule has 0 fully saturated rings. The number of benzene rings is 2. The van der Waals surface area contributed by atoms with Gasteiger partial charge in [0.15, 0.2) is 0 Å². The van der Waals surface area contributed by atoms with Crippen LogP contribution in [-0.2, 0) is 0 Å². The van der Waals surface area contributed by atoms with Gasteiger partial charge in [-0.25, -0.2) is 4.39 Å². The van der Waals surface area contributed by atoms with Crippen LogP contribution < -0.4 is 16.4 Å². The molecule has 4 N–H and O–H groups in total. The second kappa shape index (κ2) is 7.71. The second-order valence-corrected chi connectivity index (χ2v) is 5.11. The summed E-state index contributed by atoms with van der Waals surface area (Å²) in [4.78, 5) is 23.9. The van der Waals surface area contributed by atoms with Crippen molar-refractivity contribution in [1.29, 1.82) is 0 Å². The first-order valence-electron chi connectivity index (χ1n) is 6.86. The first kappa shape index (κ1) is 16.9. The van der Waals surface area contributed by atoms with Crippen LogP contribution in [0.1, 0.15) is 20.7 Å². The van der Waals surface area contributed by atoms with Crippen molar-refractivity contribution in [2.24, 2.45) is 5.73 Å². The smallest absolute Gasteiger partial charge is 0.255 e. The largest absolute Gasteiger partial charge is 0.351 e. The van der Waals surface area contributed by atoms with E-state index < -0.39 is 11.7 Å². The lowest BCUT2D eigenvalue weighted by atomic mass is 10.1. The Morgan fingerprint density at radius 2 is 1.91 bits per heavy atom. The van der Waals surface area contributed by atoms with Crippen molar-refractivity contribution in [2.45, 2.75) is 0 Å². The topological polar surface area (TPSA) is 84.2 Å². The maximum atomic E-state index is 13.1. The normalized spacial score (nSPS) is 10.2. The molecule has 2 aromatic carbocycles. The molecule has 0 unspecified atom stereocenters. The van der Waals surface area contributed by atoms with Crippen molar-refractivity contribution in [1.82, 2.24) is 5.32 Å². The number of carbonyl (C=O) groups is 2. The molecule has 0 saturated heterocycles. The highest BCUT2D eigenvalue weighted by Gasteiger charge is 2.12. The number of nitrogens with one attached hydrogen (secondary N) is 2. The number of rotatable bonds is 5. The van der Waals surface area contributed by atoms with E-state index in [-0.39, 0.29) is 22.1 Å². The molecule has 5 nitrogen and oxygen atoms in total. The number of halogens is 2. The lowest BCUT2D eigenvalue weighted by Crippen LogP contribution is -2.29. The van der Waals surface area contributed by atoms with Gasteiger partial charge in [-0.15, -0.1) is 0 Å². The first-order chi connectivity index (χ1) is 11.0. The van der Waals surface area contributed by atoms with Crippen LogP contribution in [0.25, 0.3) is 0 Å². The minimum Gasteiger partial charge on any atom is -0.351 e. The van der Waals surface area contributed by atoms with E-state index in [1.54, 1.807) is 6.07 Å². The second-order valence-electron chi connectivity index (χ2n) is 4.70. The molecule has 7 heteroatoms. The number of hydrogen-bond acceptors (Lipinski definition) is 3. The van der Waals surface area contributed by atoms with E-state index in [2.05, 4.69) is 10.6 Å². The van der Waals surface area contributed by atoms with E-state index in [4.69, 9.17) is 17.3 Å². The van der Waals surface area contributed by atoms with E-state index in [0.29, 0.717) is 18.8 Å². The van der Waals surface area contributed by atoms with Crippen LogP contribution in [0.5, 0.6) is 0 Å². The lowest BCUT2D eigenvalue weighted by molar-refractivity contribution is 0.0954. The van der Waals surface area contributed by atoms with E-state index in [9.17, 15) is 14.0 Å². The fraction of sp³-hybridized carbons (Fsp3) is 0.125. The summed E-state index contributed by atoms with van der Waals surface area (Å²) in [5, 5.41) is 5.39. The Labute approximate surface area is 137 Å². The molecule has 0 atom stereocenters. The average Bonchev–Trinajstić information content (AvgIpc) is 2.52. The molecule has 0 aliphatic heterocycles. The number of hydrogen-bond donors (Lipinski definition) is 3. The van der Waals surface area contributed by atoms with E-state index in [0.717, 1.165) is 6.07 Å². The van der Waals surface area contributed by atoms with Crippen LogP contribution in [0.4, 0.5) is 10.1 Å². The zero-order valence-corrected chi connectivity index (χ0v) is 12.9. The van der Waals surface area contributed by atoms with E-state index in [1.807, 2.05) is 0 Å². The summed E-state index contributed by atoms with van der Waals surface area (Å²) < 4.78 is 13.1. The van der Waals surface area contributed by atoms with Crippen molar-refractivity contribution >= 4 is 29.1 Å². The molecule has 0 bridgehead atoms. The highest BCUT2D eigenvalue weighted by Crippen LogP contribution is 2.21. The summed E-state index contributed by atoms with van der Waals surface area (Å²) in [6, 6.07) is 9.82. The summed E-state index contributed by atoms with van der Waals surface area (Å²) in [7, 11) is 0. The fourth-order valence-corrected chi connectivity index (χ4v) is 2.16. The number of nitrogens with two attached hydrogens (primary N) is 1. The van der Waals surface area contributed by atoms with Gasteiger partial charge in [0.25, 0.3) is 11.8 Å². The molecule has 0 spiro atoms. The molecule has 0 aliphatic rings. The van der Waals surface area contributed by atoms with Gasteiger partial charge in [-0.05, 0) is 36.4 Å². The molecule has 2 aromatic rings. The van der Waals surface area contributed by atoms with Crippen LogP contribution >= 0.6 is 11.6 Å². The summed E-state index contributed by atoms with van der Waals surface area (Å²) in [5.41, 5.74) is 6.19. The van der Waals surface area contributed by atoms with Gasteiger partial charge in [0.05, 0.1) is 10.6 Å². The average molecular weight is 336 g/mol. The fourth-order valence-electron chi connectivity index (χ4n) is 1.89. The molecular formula is C16H15ClFN3O2. The molecule has 0 aliphatic carbocycles. The Morgan fingerprint density at radius 3 is 2.57 bits per heavy atom. The van der Waals surface area contributed by atoms with Crippen LogP contribution in [0.3, 0.4) is 0 Å². The Bertz CT molecular complexity index is 737. The summed E-state index contributed by atoms with van der Waals surface area (Å²) in [6.45, 7) is 0.665. The number of carbonyl (C=O) groups excluding carboxylic acids is 2.